The molecular weight excluding hydrogens is 174 g/mol. The molecule has 0 saturated carbocycles. The molecule has 0 spiro atoms. The van der Waals surface area contributed by atoms with Gasteiger partial charge in [-0.2, -0.15) is 4.98 Å². The zero-order valence-corrected chi connectivity index (χ0v) is 6.57. The van der Waals surface area contributed by atoms with Gasteiger partial charge in [0.05, 0.1) is 6.33 Å². The third-order valence-corrected chi connectivity index (χ3v) is 1.31. The summed E-state index contributed by atoms with van der Waals surface area (Å²) in [6, 6.07) is 0. The quantitative estimate of drug-likeness (QED) is 0.484. The number of nitrogen functional groups attached to an aromatic ring is 1. The standard InChI is InChI=1S/C5H5N5O.CH2O/c6-5-9-3-2(4(11)10-5)7-1-8-3;1-2/h1H,(H4,6,7,8,9,10,11);1H2. The third kappa shape index (κ3) is 1.53. The van der Waals surface area contributed by atoms with Gasteiger partial charge in [0.25, 0.3) is 5.56 Å². The van der Waals surface area contributed by atoms with Crippen LogP contribution in [0.5, 0.6) is 0 Å². The van der Waals surface area contributed by atoms with Gasteiger partial charge in [-0.3, -0.25) is 9.78 Å². The number of hydrogen-bond donors (Lipinski definition) is 3. The number of imidazole rings is 1. The van der Waals surface area contributed by atoms with Crippen LogP contribution in [0.2, 0.25) is 0 Å². The minimum absolute atomic E-state index is 0.0783. The van der Waals surface area contributed by atoms with Gasteiger partial charge < -0.3 is 15.5 Å². The second kappa shape index (κ2) is 3.48. The van der Waals surface area contributed by atoms with Crippen molar-refractivity contribution in [2.75, 3.05) is 5.73 Å². The summed E-state index contributed by atoms with van der Waals surface area (Å²) in [4.78, 5) is 31.5. The molecule has 0 atom stereocenters. The highest BCUT2D eigenvalue weighted by Crippen LogP contribution is 1.98. The summed E-state index contributed by atoms with van der Waals surface area (Å²) in [5.41, 5.74) is 5.65. The predicted molar refractivity (Wildman–Crippen MR) is 46.0 cm³/mol. The van der Waals surface area contributed by atoms with Gasteiger partial charge >= 0.3 is 0 Å². The molecule has 4 N–H and O–H groups in total. The smallest absolute Gasteiger partial charge is 0.278 e. The molecule has 0 amide bonds. The number of nitrogens with two attached hydrogens (primary N) is 1. The highest BCUT2D eigenvalue weighted by atomic mass is 16.1. The van der Waals surface area contributed by atoms with E-state index in [1.54, 1.807) is 0 Å². The maximum Gasteiger partial charge on any atom is 0.278 e. The van der Waals surface area contributed by atoms with E-state index in [9.17, 15) is 4.79 Å². The Kier molecular flexibility index (Phi) is 2.38. The van der Waals surface area contributed by atoms with Crippen molar-refractivity contribution in [3.8, 4) is 0 Å². The van der Waals surface area contributed by atoms with Gasteiger partial charge in [-0.1, -0.05) is 0 Å². The number of aromatic amines is 2. The van der Waals surface area contributed by atoms with Crippen molar-refractivity contribution in [3.05, 3.63) is 16.7 Å². The number of aromatic nitrogens is 4. The van der Waals surface area contributed by atoms with Crippen LogP contribution >= 0.6 is 0 Å². The van der Waals surface area contributed by atoms with Crippen molar-refractivity contribution < 1.29 is 4.79 Å². The first-order valence-corrected chi connectivity index (χ1v) is 3.25. The van der Waals surface area contributed by atoms with E-state index in [0.29, 0.717) is 11.2 Å². The van der Waals surface area contributed by atoms with Crippen molar-refractivity contribution >= 4 is 23.9 Å². The van der Waals surface area contributed by atoms with E-state index in [-0.39, 0.29) is 11.5 Å². The number of nitrogens with zero attached hydrogens (tertiary/aromatic N) is 2. The van der Waals surface area contributed by atoms with Gasteiger partial charge in [-0.05, 0) is 0 Å². The van der Waals surface area contributed by atoms with Crippen molar-refractivity contribution in [2.24, 2.45) is 0 Å². The summed E-state index contributed by atoms with van der Waals surface area (Å²) in [7, 11) is 0. The normalized spacial score (nSPS) is 9.23. The Bertz CT molecular complexity index is 459. The van der Waals surface area contributed by atoms with Crippen molar-refractivity contribution in [1.29, 1.82) is 0 Å². The summed E-state index contributed by atoms with van der Waals surface area (Å²) in [6.45, 7) is 2.00. The van der Waals surface area contributed by atoms with Crippen LogP contribution in [0.25, 0.3) is 11.2 Å². The molecule has 7 nitrogen and oxygen atoms in total. The molecule has 0 fully saturated rings. The summed E-state index contributed by atoms with van der Waals surface area (Å²) in [5.74, 6) is 0.0783. The summed E-state index contributed by atoms with van der Waals surface area (Å²) < 4.78 is 0. The lowest BCUT2D eigenvalue weighted by Crippen LogP contribution is -2.10. The lowest BCUT2D eigenvalue weighted by atomic mass is 10.5. The van der Waals surface area contributed by atoms with Gasteiger partial charge in [0.2, 0.25) is 5.95 Å². The minimum Gasteiger partial charge on any atom is -0.369 e. The topological polar surface area (TPSA) is 118 Å². The molecule has 0 aromatic carbocycles. The van der Waals surface area contributed by atoms with Crippen LogP contribution in [-0.2, 0) is 4.79 Å². The Morgan fingerprint density at radius 3 is 2.85 bits per heavy atom. The molecule has 13 heavy (non-hydrogen) atoms. The second-order valence-electron chi connectivity index (χ2n) is 2.05. The molecule has 0 unspecified atom stereocenters. The van der Waals surface area contributed by atoms with Gasteiger partial charge in [-0.15, -0.1) is 0 Å². The zero-order valence-electron chi connectivity index (χ0n) is 6.57. The van der Waals surface area contributed by atoms with Crippen LogP contribution < -0.4 is 11.3 Å². The molecule has 0 radical (unpaired) electrons. The maximum atomic E-state index is 11.0. The number of rotatable bonds is 0. The monoisotopic (exact) mass is 181 g/mol. The van der Waals surface area contributed by atoms with Crippen LogP contribution in [-0.4, -0.2) is 26.7 Å². The van der Waals surface area contributed by atoms with Crippen LogP contribution in [0.4, 0.5) is 5.95 Å². The van der Waals surface area contributed by atoms with Gasteiger partial charge in [0.1, 0.15) is 6.79 Å². The largest absolute Gasteiger partial charge is 0.369 e. The fourth-order valence-corrected chi connectivity index (χ4v) is 0.860. The first-order chi connectivity index (χ1) is 6.27. The predicted octanol–water partition coefficient (Wildman–Crippen LogP) is -0.957. The first-order valence-electron chi connectivity index (χ1n) is 3.25. The number of carbonyl (C=O) groups is 1. The molecule has 68 valence electrons. The van der Waals surface area contributed by atoms with E-state index >= 15 is 0 Å². The third-order valence-electron chi connectivity index (χ3n) is 1.31. The number of anilines is 1. The zero-order chi connectivity index (χ0) is 9.84. The highest BCUT2D eigenvalue weighted by molar-refractivity contribution is 5.69. The van der Waals surface area contributed by atoms with E-state index in [0.717, 1.165) is 0 Å². The Balaban J connectivity index is 0.000000396. The molecule has 0 aliphatic heterocycles. The van der Waals surface area contributed by atoms with Crippen LogP contribution in [0.15, 0.2) is 11.1 Å². The van der Waals surface area contributed by atoms with Gasteiger partial charge in [-0.25, -0.2) is 4.98 Å². The highest BCUT2D eigenvalue weighted by Gasteiger charge is 2.01. The fourth-order valence-electron chi connectivity index (χ4n) is 0.860. The number of nitrogens with one attached hydrogen (secondary N) is 2. The summed E-state index contributed by atoms with van der Waals surface area (Å²) in [5, 5.41) is 0. The molecule has 0 bridgehead atoms. The second-order valence-corrected chi connectivity index (χ2v) is 2.05. The number of carbonyl (C=O) groups excluding carboxylic acids is 1. The van der Waals surface area contributed by atoms with E-state index in [1.165, 1.54) is 6.33 Å². The number of H-pyrrole nitrogens is 2. The van der Waals surface area contributed by atoms with E-state index in [2.05, 4.69) is 19.9 Å². The molecule has 2 rings (SSSR count). The molecule has 2 aromatic heterocycles. The number of fused-ring (bicyclic) bond motifs is 1. The van der Waals surface area contributed by atoms with Crippen LogP contribution in [0.3, 0.4) is 0 Å². The van der Waals surface area contributed by atoms with Crippen molar-refractivity contribution in [3.63, 3.8) is 0 Å². The summed E-state index contributed by atoms with van der Waals surface area (Å²) in [6.07, 6.45) is 1.40. The molecule has 0 aliphatic rings. The lowest BCUT2D eigenvalue weighted by molar-refractivity contribution is -0.0979. The first kappa shape index (κ1) is 8.91. The van der Waals surface area contributed by atoms with Crippen LogP contribution in [0, 0.1) is 0 Å². The average Bonchev–Trinajstić information content (AvgIpc) is 2.55. The molecule has 0 saturated heterocycles. The SMILES string of the molecule is C=O.Nc1nc2nc[nH]c2c(=O)[nH]1. The maximum absolute atomic E-state index is 11.0. The van der Waals surface area contributed by atoms with Gasteiger partial charge in [0.15, 0.2) is 11.2 Å². The Morgan fingerprint density at radius 2 is 2.15 bits per heavy atom. The fraction of sp³-hybridized carbons (Fsp3) is 0. The van der Waals surface area contributed by atoms with E-state index < -0.39 is 0 Å². The van der Waals surface area contributed by atoms with E-state index in [4.69, 9.17) is 10.5 Å². The van der Waals surface area contributed by atoms with Crippen molar-refractivity contribution in [1.82, 2.24) is 19.9 Å². The minimum atomic E-state index is -0.301. The molecule has 7 heteroatoms. The van der Waals surface area contributed by atoms with Crippen LogP contribution in [0.1, 0.15) is 0 Å². The van der Waals surface area contributed by atoms with Crippen molar-refractivity contribution in [2.45, 2.75) is 0 Å². The summed E-state index contributed by atoms with van der Waals surface area (Å²) >= 11 is 0. The Hall–Kier alpha value is -2.18. The molecule has 0 aliphatic carbocycles. The number of hydrogen-bond acceptors (Lipinski definition) is 5. The van der Waals surface area contributed by atoms with Gasteiger partial charge in [0, 0.05) is 0 Å². The van der Waals surface area contributed by atoms with E-state index in [1.807, 2.05) is 6.79 Å². The lowest BCUT2D eigenvalue weighted by Gasteiger charge is -1.89. The Morgan fingerprint density at radius 1 is 1.46 bits per heavy atom. The molecular formula is C6H7N5O2. The molecule has 2 aromatic rings. The Labute approximate surface area is 72.0 Å². The average molecular weight is 181 g/mol. The molecule has 2 heterocycles.